The molecule has 3 unspecified atom stereocenters. The highest BCUT2D eigenvalue weighted by Gasteiger charge is 2.33. The number of hydrogen-bond donors (Lipinski definition) is 0. The van der Waals surface area contributed by atoms with Crippen molar-refractivity contribution < 1.29 is 9.53 Å². The Kier molecular flexibility index (Phi) is 4.25. The Hall–Kier alpha value is -0.790. The lowest BCUT2D eigenvalue weighted by Gasteiger charge is -2.36. The van der Waals surface area contributed by atoms with Gasteiger partial charge in [-0.3, -0.25) is 4.79 Å². The Morgan fingerprint density at radius 2 is 2.35 bits per heavy atom. The van der Waals surface area contributed by atoms with Gasteiger partial charge in [-0.15, -0.1) is 0 Å². The molecule has 2 nitrogen and oxygen atoms in total. The van der Waals surface area contributed by atoms with Crippen LogP contribution in [0.3, 0.4) is 0 Å². The van der Waals surface area contributed by atoms with Crippen LogP contribution in [0.25, 0.3) is 0 Å². The zero-order valence-electron chi connectivity index (χ0n) is 11.1. The van der Waals surface area contributed by atoms with Crippen LogP contribution in [0.15, 0.2) is 11.6 Å². The number of esters is 1. The molecule has 0 aliphatic heterocycles. The molecule has 0 aromatic rings. The van der Waals surface area contributed by atoms with Gasteiger partial charge in [0.15, 0.2) is 0 Å². The minimum absolute atomic E-state index is 0.000684. The molecule has 0 radical (unpaired) electrons. The Morgan fingerprint density at radius 3 is 3.12 bits per heavy atom. The second-order valence-corrected chi connectivity index (χ2v) is 5.48. The van der Waals surface area contributed by atoms with Crippen LogP contribution in [0.1, 0.15) is 52.4 Å². The average Bonchev–Trinajstić information content (AvgIpc) is 2.37. The first-order valence-electron chi connectivity index (χ1n) is 7.08. The predicted octanol–water partition coefficient (Wildman–Crippen LogP) is 3.71. The van der Waals surface area contributed by atoms with Gasteiger partial charge in [0.2, 0.25) is 0 Å². The second-order valence-electron chi connectivity index (χ2n) is 5.48. The SMILES string of the molecule is CCOC(=O)C(C)C1CCC2=CCCCC2C1. The van der Waals surface area contributed by atoms with Crippen LogP contribution in [0, 0.1) is 17.8 Å². The van der Waals surface area contributed by atoms with Crippen LogP contribution >= 0.6 is 0 Å². The summed E-state index contributed by atoms with van der Waals surface area (Å²) in [6, 6.07) is 0. The van der Waals surface area contributed by atoms with Crippen LogP contribution in [0.2, 0.25) is 0 Å². The first-order valence-corrected chi connectivity index (χ1v) is 7.08. The van der Waals surface area contributed by atoms with E-state index < -0.39 is 0 Å². The van der Waals surface area contributed by atoms with Gasteiger partial charge in [0.05, 0.1) is 12.5 Å². The molecule has 0 aromatic heterocycles. The first-order chi connectivity index (χ1) is 8.22. The third-order valence-corrected chi connectivity index (χ3v) is 4.44. The highest BCUT2D eigenvalue weighted by Crippen LogP contribution is 2.42. The molecule has 0 amide bonds. The summed E-state index contributed by atoms with van der Waals surface area (Å²) in [7, 11) is 0. The predicted molar refractivity (Wildman–Crippen MR) is 68.6 cm³/mol. The van der Waals surface area contributed by atoms with E-state index in [1.54, 1.807) is 5.57 Å². The van der Waals surface area contributed by atoms with Crippen LogP contribution in [0.4, 0.5) is 0 Å². The van der Waals surface area contributed by atoms with E-state index in [0.29, 0.717) is 12.5 Å². The third-order valence-electron chi connectivity index (χ3n) is 4.44. The molecule has 2 aliphatic carbocycles. The van der Waals surface area contributed by atoms with Gasteiger partial charge in [-0.2, -0.15) is 0 Å². The van der Waals surface area contributed by atoms with Gasteiger partial charge >= 0.3 is 5.97 Å². The molecule has 0 bridgehead atoms. The summed E-state index contributed by atoms with van der Waals surface area (Å²) in [5.41, 5.74) is 1.67. The van der Waals surface area contributed by atoms with E-state index in [2.05, 4.69) is 6.08 Å². The number of allylic oxidation sites excluding steroid dienone is 2. The zero-order chi connectivity index (χ0) is 12.3. The summed E-state index contributed by atoms with van der Waals surface area (Å²) in [4.78, 5) is 11.8. The normalized spacial score (nSPS) is 30.1. The molecule has 1 fully saturated rings. The van der Waals surface area contributed by atoms with Crippen molar-refractivity contribution in [3.05, 3.63) is 11.6 Å². The van der Waals surface area contributed by atoms with E-state index in [4.69, 9.17) is 4.74 Å². The summed E-state index contributed by atoms with van der Waals surface area (Å²) in [6.45, 7) is 4.43. The van der Waals surface area contributed by atoms with Gasteiger partial charge in [-0.25, -0.2) is 0 Å². The Balaban J connectivity index is 1.93. The van der Waals surface area contributed by atoms with Gasteiger partial charge in [0.1, 0.15) is 0 Å². The van der Waals surface area contributed by atoms with Gasteiger partial charge in [0.25, 0.3) is 0 Å². The van der Waals surface area contributed by atoms with Gasteiger partial charge in [-0.05, 0) is 57.3 Å². The number of rotatable bonds is 3. The topological polar surface area (TPSA) is 26.3 Å². The summed E-state index contributed by atoms with van der Waals surface area (Å²) in [6.07, 6.45) is 9.95. The van der Waals surface area contributed by atoms with Crippen LogP contribution < -0.4 is 0 Å². The molecule has 0 aromatic carbocycles. The molecule has 0 spiro atoms. The summed E-state index contributed by atoms with van der Waals surface area (Å²) in [5.74, 6) is 1.38. The molecule has 17 heavy (non-hydrogen) atoms. The lowest BCUT2D eigenvalue weighted by atomic mass is 9.70. The van der Waals surface area contributed by atoms with E-state index in [0.717, 1.165) is 5.92 Å². The number of ether oxygens (including phenoxy) is 1. The quantitative estimate of drug-likeness (QED) is 0.551. The van der Waals surface area contributed by atoms with Crippen LogP contribution in [0.5, 0.6) is 0 Å². The minimum atomic E-state index is 0.000684. The Morgan fingerprint density at radius 1 is 1.53 bits per heavy atom. The molecule has 1 saturated carbocycles. The van der Waals surface area contributed by atoms with Crippen molar-refractivity contribution in [2.24, 2.45) is 17.8 Å². The lowest BCUT2D eigenvalue weighted by molar-refractivity contribution is -0.149. The number of hydrogen-bond acceptors (Lipinski definition) is 2. The largest absolute Gasteiger partial charge is 0.466 e. The molecule has 0 N–H and O–H groups in total. The van der Waals surface area contributed by atoms with Crippen LogP contribution in [-0.2, 0) is 9.53 Å². The Bertz CT molecular complexity index is 306. The maximum Gasteiger partial charge on any atom is 0.308 e. The zero-order valence-corrected chi connectivity index (χ0v) is 11.1. The van der Waals surface area contributed by atoms with E-state index in [-0.39, 0.29) is 11.9 Å². The molecule has 3 atom stereocenters. The number of fused-ring (bicyclic) bond motifs is 1. The van der Waals surface area contributed by atoms with Crippen molar-refractivity contribution in [3.8, 4) is 0 Å². The molecular formula is C15H24O2. The molecular weight excluding hydrogens is 212 g/mol. The maximum absolute atomic E-state index is 11.8. The second kappa shape index (κ2) is 5.70. The molecule has 2 aliphatic rings. The Labute approximate surface area is 104 Å². The standard InChI is InChI=1S/C15H24O2/c1-3-17-15(16)11(2)13-9-8-12-6-4-5-7-14(12)10-13/h6,11,13-14H,3-5,7-10H2,1-2H3. The fourth-order valence-corrected chi connectivity index (χ4v) is 3.33. The van der Waals surface area contributed by atoms with Crippen molar-refractivity contribution in [1.29, 1.82) is 0 Å². The molecule has 2 rings (SSSR count). The monoisotopic (exact) mass is 236 g/mol. The van der Waals surface area contributed by atoms with Gasteiger partial charge < -0.3 is 4.74 Å². The maximum atomic E-state index is 11.8. The third kappa shape index (κ3) is 2.91. The fraction of sp³-hybridized carbons (Fsp3) is 0.800. The average molecular weight is 236 g/mol. The van der Waals surface area contributed by atoms with Crippen molar-refractivity contribution >= 4 is 5.97 Å². The highest BCUT2D eigenvalue weighted by molar-refractivity contribution is 5.72. The minimum Gasteiger partial charge on any atom is -0.466 e. The summed E-state index contributed by atoms with van der Waals surface area (Å²) < 4.78 is 5.14. The van der Waals surface area contributed by atoms with Crippen molar-refractivity contribution in [2.75, 3.05) is 6.61 Å². The molecule has 2 heteroatoms. The van der Waals surface area contributed by atoms with Crippen LogP contribution in [-0.4, -0.2) is 12.6 Å². The lowest BCUT2D eigenvalue weighted by Crippen LogP contribution is -2.29. The van der Waals surface area contributed by atoms with Crippen molar-refractivity contribution in [2.45, 2.75) is 52.4 Å². The van der Waals surface area contributed by atoms with E-state index in [1.807, 2.05) is 13.8 Å². The van der Waals surface area contributed by atoms with E-state index in [9.17, 15) is 4.79 Å². The number of carbonyl (C=O) groups excluding carboxylic acids is 1. The summed E-state index contributed by atoms with van der Waals surface area (Å²) >= 11 is 0. The van der Waals surface area contributed by atoms with Crippen molar-refractivity contribution in [1.82, 2.24) is 0 Å². The highest BCUT2D eigenvalue weighted by atomic mass is 16.5. The first kappa shape index (κ1) is 12.7. The smallest absolute Gasteiger partial charge is 0.308 e. The van der Waals surface area contributed by atoms with Crippen molar-refractivity contribution in [3.63, 3.8) is 0 Å². The van der Waals surface area contributed by atoms with Gasteiger partial charge in [-0.1, -0.05) is 18.6 Å². The molecule has 0 heterocycles. The molecule has 0 saturated heterocycles. The summed E-state index contributed by atoms with van der Waals surface area (Å²) in [5, 5.41) is 0. The fourth-order valence-electron chi connectivity index (χ4n) is 3.33. The number of carbonyl (C=O) groups is 1. The van der Waals surface area contributed by atoms with Gasteiger partial charge in [0, 0.05) is 0 Å². The van der Waals surface area contributed by atoms with E-state index >= 15 is 0 Å². The molecule has 96 valence electrons. The van der Waals surface area contributed by atoms with E-state index in [1.165, 1.54) is 38.5 Å².